The molecule has 34 heavy (non-hydrogen) atoms. The van der Waals surface area contributed by atoms with Crippen molar-refractivity contribution in [1.82, 2.24) is 24.9 Å². The Balaban J connectivity index is 1.63. The number of carbonyl (C=O) groups excluding carboxylic acids is 1. The molecule has 0 radical (unpaired) electrons. The Labute approximate surface area is 195 Å². The number of aryl methyl sites for hydroxylation is 3. The van der Waals surface area contributed by atoms with E-state index in [1.807, 2.05) is 56.6 Å². The van der Waals surface area contributed by atoms with Crippen LogP contribution < -0.4 is 5.32 Å². The number of aromatic nitrogens is 5. The van der Waals surface area contributed by atoms with Crippen LogP contribution in [0.15, 0.2) is 51.5 Å². The van der Waals surface area contributed by atoms with Gasteiger partial charge in [-0.05, 0) is 52.0 Å². The van der Waals surface area contributed by atoms with Gasteiger partial charge in [-0.1, -0.05) is 17.3 Å². The van der Waals surface area contributed by atoms with E-state index in [-0.39, 0.29) is 11.9 Å². The Morgan fingerprint density at radius 1 is 1.06 bits per heavy atom. The lowest BCUT2D eigenvalue weighted by Crippen LogP contribution is -2.14. The fourth-order valence-corrected chi connectivity index (χ4v) is 3.99. The topological polar surface area (TPSA) is 112 Å². The summed E-state index contributed by atoms with van der Waals surface area (Å²) in [6.07, 6.45) is 1.68. The minimum Gasteiger partial charge on any atom is -0.466 e. The summed E-state index contributed by atoms with van der Waals surface area (Å²) in [5, 5.41) is 12.2. The zero-order valence-electron chi connectivity index (χ0n) is 19.6. The van der Waals surface area contributed by atoms with Gasteiger partial charge in [0.2, 0.25) is 11.7 Å². The average Bonchev–Trinajstić information content (AvgIpc) is 3.51. The number of rotatable bonds is 5. The van der Waals surface area contributed by atoms with E-state index in [9.17, 15) is 4.79 Å². The third kappa shape index (κ3) is 3.75. The predicted molar refractivity (Wildman–Crippen MR) is 128 cm³/mol. The largest absolute Gasteiger partial charge is 0.466 e. The second-order valence-corrected chi connectivity index (χ2v) is 8.44. The van der Waals surface area contributed by atoms with Crippen LogP contribution >= 0.6 is 0 Å². The van der Waals surface area contributed by atoms with Gasteiger partial charge >= 0.3 is 0 Å². The lowest BCUT2D eigenvalue weighted by molar-refractivity contribution is 0.102. The molecule has 0 spiro atoms. The molecule has 9 nitrogen and oxygen atoms in total. The lowest BCUT2D eigenvalue weighted by Gasteiger charge is -2.12. The highest BCUT2D eigenvalue weighted by Crippen LogP contribution is 2.31. The summed E-state index contributed by atoms with van der Waals surface area (Å²) in [6, 6.07) is 11.1. The van der Waals surface area contributed by atoms with Crippen LogP contribution in [-0.4, -0.2) is 30.8 Å². The Hall–Kier alpha value is -4.27. The summed E-state index contributed by atoms with van der Waals surface area (Å²) in [5.41, 5.74) is 3.83. The number of nitrogens with one attached hydrogen (secondary N) is 1. The minimum absolute atomic E-state index is 0.0746. The van der Waals surface area contributed by atoms with Crippen molar-refractivity contribution in [1.29, 1.82) is 0 Å². The van der Waals surface area contributed by atoms with E-state index >= 15 is 0 Å². The first-order chi connectivity index (χ1) is 16.3. The number of pyridine rings is 1. The summed E-state index contributed by atoms with van der Waals surface area (Å²) in [7, 11) is 0. The van der Waals surface area contributed by atoms with Crippen LogP contribution in [0.5, 0.6) is 0 Å². The molecule has 9 heteroatoms. The first-order valence-electron chi connectivity index (χ1n) is 11.0. The molecule has 0 saturated heterocycles. The number of anilines is 1. The highest BCUT2D eigenvalue weighted by Gasteiger charge is 2.21. The summed E-state index contributed by atoms with van der Waals surface area (Å²) in [4.78, 5) is 22.8. The van der Waals surface area contributed by atoms with Gasteiger partial charge < -0.3 is 14.3 Å². The molecule has 0 atom stereocenters. The predicted octanol–water partition coefficient (Wildman–Crippen LogP) is 5.50. The minimum atomic E-state index is -0.289. The van der Waals surface area contributed by atoms with Gasteiger partial charge in [0.15, 0.2) is 5.65 Å². The van der Waals surface area contributed by atoms with Crippen molar-refractivity contribution >= 4 is 22.6 Å². The molecule has 0 saturated carbocycles. The van der Waals surface area contributed by atoms with E-state index in [4.69, 9.17) is 13.9 Å². The van der Waals surface area contributed by atoms with Crippen molar-refractivity contribution in [3.63, 3.8) is 0 Å². The molecule has 0 bridgehead atoms. The number of nitrogens with zero attached hydrogens (tertiary/aromatic N) is 5. The molecule has 4 aromatic heterocycles. The normalized spacial score (nSPS) is 11.5. The molecule has 0 fully saturated rings. The van der Waals surface area contributed by atoms with Crippen molar-refractivity contribution in [2.24, 2.45) is 0 Å². The van der Waals surface area contributed by atoms with Gasteiger partial charge in [0.25, 0.3) is 5.91 Å². The van der Waals surface area contributed by atoms with Crippen molar-refractivity contribution in [3.8, 4) is 22.6 Å². The van der Waals surface area contributed by atoms with Crippen molar-refractivity contribution in [3.05, 3.63) is 65.6 Å². The molecule has 1 aromatic carbocycles. The summed E-state index contributed by atoms with van der Waals surface area (Å²) >= 11 is 0. The molecule has 0 aliphatic rings. The molecule has 5 aromatic rings. The van der Waals surface area contributed by atoms with Crippen molar-refractivity contribution in [2.45, 2.75) is 40.7 Å². The number of furan rings is 1. The van der Waals surface area contributed by atoms with Gasteiger partial charge in [-0.25, -0.2) is 9.67 Å². The summed E-state index contributed by atoms with van der Waals surface area (Å²) in [6.45, 7) is 9.54. The van der Waals surface area contributed by atoms with Gasteiger partial charge in [0.1, 0.15) is 11.5 Å². The van der Waals surface area contributed by atoms with E-state index in [2.05, 4.69) is 20.6 Å². The average molecular weight is 457 g/mol. The van der Waals surface area contributed by atoms with Crippen LogP contribution in [0, 0.1) is 20.8 Å². The molecule has 172 valence electrons. The standard InChI is InChI=1S/C25H24N6O3/c1-13(2)31-24-20(12-26-31)19(11-22(28-24)18-10-14(3)33-15(18)4)25(32)29-21-9-7-6-8-17(21)23-27-16(5)34-30-23/h6-13H,1-5H3,(H,29,32). The van der Waals surface area contributed by atoms with Gasteiger partial charge in [-0.2, -0.15) is 10.1 Å². The van der Waals surface area contributed by atoms with Crippen LogP contribution in [0.3, 0.4) is 0 Å². The molecule has 4 heterocycles. The highest BCUT2D eigenvalue weighted by atomic mass is 16.5. The number of hydrogen-bond acceptors (Lipinski definition) is 7. The first kappa shape index (κ1) is 21.6. The van der Waals surface area contributed by atoms with Crippen molar-refractivity contribution < 1.29 is 13.7 Å². The van der Waals surface area contributed by atoms with E-state index in [1.54, 1.807) is 25.3 Å². The molecule has 5 rings (SSSR count). The number of hydrogen-bond donors (Lipinski definition) is 1. The first-order valence-corrected chi connectivity index (χ1v) is 11.0. The summed E-state index contributed by atoms with van der Waals surface area (Å²) < 4.78 is 12.7. The third-order valence-electron chi connectivity index (χ3n) is 5.56. The second-order valence-electron chi connectivity index (χ2n) is 8.44. The van der Waals surface area contributed by atoms with Crippen LogP contribution in [0.1, 0.15) is 47.7 Å². The molecule has 1 N–H and O–H groups in total. The highest BCUT2D eigenvalue weighted by molar-refractivity contribution is 6.13. The van der Waals surface area contributed by atoms with Crippen LogP contribution in [0.25, 0.3) is 33.7 Å². The molecule has 0 aliphatic heterocycles. The Bertz CT molecular complexity index is 1520. The van der Waals surface area contributed by atoms with Crippen LogP contribution in [0.4, 0.5) is 5.69 Å². The zero-order chi connectivity index (χ0) is 24.0. The molecule has 0 aliphatic carbocycles. The van der Waals surface area contributed by atoms with Crippen molar-refractivity contribution in [2.75, 3.05) is 5.32 Å². The number of benzene rings is 1. The maximum atomic E-state index is 13.6. The summed E-state index contributed by atoms with van der Waals surface area (Å²) in [5.74, 6) is 2.09. The Morgan fingerprint density at radius 3 is 2.53 bits per heavy atom. The number of carbonyl (C=O) groups is 1. The van der Waals surface area contributed by atoms with E-state index < -0.39 is 0 Å². The fraction of sp³-hybridized carbons (Fsp3) is 0.240. The Kier molecular flexibility index (Phi) is 5.24. The molecular formula is C25H24N6O3. The van der Waals surface area contributed by atoms with Gasteiger partial charge in [-0.15, -0.1) is 0 Å². The third-order valence-corrected chi connectivity index (χ3v) is 5.56. The number of fused-ring (bicyclic) bond motifs is 1. The Morgan fingerprint density at radius 2 is 1.85 bits per heavy atom. The second kappa shape index (κ2) is 8.26. The van der Waals surface area contributed by atoms with Crippen LogP contribution in [0.2, 0.25) is 0 Å². The maximum absolute atomic E-state index is 13.6. The smallest absolute Gasteiger partial charge is 0.256 e. The van der Waals surface area contributed by atoms with Gasteiger partial charge in [-0.3, -0.25) is 4.79 Å². The maximum Gasteiger partial charge on any atom is 0.256 e. The van der Waals surface area contributed by atoms with E-state index in [0.717, 1.165) is 17.1 Å². The number of para-hydroxylation sites is 1. The fourth-order valence-electron chi connectivity index (χ4n) is 3.99. The van der Waals surface area contributed by atoms with E-state index in [1.165, 1.54) is 0 Å². The SMILES string of the molecule is Cc1cc(-c2cc(C(=O)Nc3ccccc3-c3noc(C)n3)c3cnn(C(C)C)c3n2)c(C)o1. The van der Waals surface area contributed by atoms with Gasteiger partial charge in [0.05, 0.1) is 28.5 Å². The quantitative estimate of drug-likeness (QED) is 0.372. The molecule has 1 amide bonds. The lowest BCUT2D eigenvalue weighted by atomic mass is 10.1. The molecule has 0 unspecified atom stereocenters. The van der Waals surface area contributed by atoms with Crippen LogP contribution in [-0.2, 0) is 0 Å². The monoisotopic (exact) mass is 456 g/mol. The van der Waals surface area contributed by atoms with E-state index in [0.29, 0.717) is 45.3 Å². The van der Waals surface area contributed by atoms with Gasteiger partial charge in [0, 0.05) is 24.1 Å². The molecular weight excluding hydrogens is 432 g/mol. The zero-order valence-corrected chi connectivity index (χ0v) is 19.6. The number of amides is 1.